The Labute approximate surface area is 109 Å². The zero-order chi connectivity index (χ0) is 14.0. The van der Waals surface area contributed by atoms with Crippen molar-refractivity contribution < 1.29 is 18.7 Å². The topological polar surface area (TPSA) is 59.7 Å². The molecule has 4 nitrogen and oxygen atoms in total. The number of hydrogen-bond donors (Lipinski definition) is 1. The molecule has 1 rings (SSSR count). The molecule has 0 aromatic carbocycles. The molecular weight excluding hydrogens is 248 g/mol. The smallest absolute Gasteiger partial charge is 0.371 e. The van der Waals surface area contributed by atoms with Gasteiger partial charge in [-0.2, -0.15) is 0 Å². The average molecular weight is 270 g/mol. The van der Waals surface area contributed by atoms with Crippen LogP contribution in [0.5, 0.6) is 0 Å². The molecule has 0 spiro atoms. The molecule has 0 aliphatic heterocycles. The molecular formula is C13H22O4Si. The Hall–Kier alpha value is -1.07. The third-order valence-electron chi connectivity index (χ3n) is 3.49. The molecule has 0 unspecified atom stereocenters. The number of hydrogen-bond acceptors (Lipinski definition) is 3. The van der Waals surface area contributed by atoms with Crippen molar-refractivity contribution in [3.05, 3.63) is 23.7 Å². The third kappa shape index (κ3) is 3.71. The first-order valence-electron chi connectivity index (χ1n) is 6.09. The minimum absolute atomic E-state index is 0.0164. The minimum Gasteiger partial charge on any atom is -0.475 e. The van der Waals surface area contributed by atoms with Gasteiger partial charge in [-0.25, -0.2) is 4.79 Å². The maximum atomic E-state index is 10.7. The van der Waals surface area contributed by atoms with Crippen LogP contribution in [0.2, 0.25) is 18.1 Å². The molecule has 1 aromatic heterocycles. The molecule has 0 aliphatic rings. The van der Waals surface area contributed by atoms with Crippen LogP contribution < -0.4 is 0 Å². The van der Waals surface area contributed by atoms with Crippen LogP contribution in [0.15, 0.2) is 16.5 Å². The Morgan fingerprint density at radius 3 is 2.44 bits per heavy atom. The quantitative estimate of drug-likeness (QED) is 0.831. The number of carboxylic acids is 1. The van der Waals surface area contributed by atoms with Crippen LogP contribution in [0.1, 0.15) is 37.1 Å². The zero-order valence-corrected chi connectivity index (χ0v) is 12.7. The van der Waals surface area contributed by atoms with Crippen molar-refractivity contribution in [1.29, 1.82) is 0 Å². The van der Waals surface area contributed by atoms with Gasteiger partial charge in [0.1, 0.15) is 5.76 Å². The van der Waals surface area contributed by atoms with E-state index in [0.29, 0.717) is 18.8 Å². The van der Waals surface area contributed by atoms with Crippen LogP contribution in [0, 0.1) is 0 Å². The van der Waals surface area contributed by atoms with Gasteiger partial charge >= 0.3 is 5.97 Å². The molecule has 102 valence electrons. The number of carboxylic acid groups (broad SMARTS) is 1. The summed E-state index contributed by atoms with van der Waals surface area (Å²) in [4.78, 5) is 10.7. The number of aromatic carboxylic acids is 1. The molecule has 0 amide bonds. The molecule has 1 heterocycles. The van der Waals surface area contributed by atoms with Gasteiger partial charge in [-0.05, 0) is 30.3 Å². The van der Waals surface area contributed by atoms with Crippen molar-refractivity contribution in [3.8, 4) is 0 Å². The number of rotatable bonds is 5. The molecule has 1 N–H and O–H groups in total. The van der Waals surface area contributed by atoms with Crippen molar-refractivity contribution >= 4 is 14.3 Å². The molecule has 0 atom stereocenters. The van der Waals surface area contributed by atoms with E-state index < -0.39 is 14.3 Å². The highest BCUT2D eigenvalue weighted by atomic mass is 28.4. The van der Waals surface area contributed by atoms with Gasteiger partial charge in [-0.15, -0.1) is 0 Å². The van der Waals surface area contributed by atoms with Crippen LogP contribution in [0.25, 0.3) is 0 Å². The van der Waals surface area contributed by atoms with Crippen LogP contribution in [0.4, 0.5) is 0 Å². The number of carbonyl (C=O) groups is 1. The first-order chi connectivity index (χ1) is 8.13. The maximum Gasteiger partial charge on any atom is 0.371 e. The van der Waals surface area contributed by atoms with Gasteiger partial charge in [-0.3, -0.25) is 0 Å². The Balaban J connectivity index is 2.49. The van der Waals surface area contributed by atoms with E-state index in [4.69, 9.17) is 13.9 Å². The second-order valence-corrected chi connectivity index (χ2v) is 10.7. The second-order valence-electron chi connectivity index (χ2n) is 5.93. The Bertz CT molecular complexity index is 415. The van der Waals surface area contributed by atoms with Crippen molar-refractivity contribution in [2.24, 2.45) is 0 Å². The van der Waals surface area contributed by atoms with Crippen molar-refractivity contribution in [2.45, 2.75) is 45.3 Å². The maximum absolute atomic E-state index is 10.7. The monoisotopic (exact) mass is 270 g/mol. The lowest BCUT2D eigenvalue weighted by Gasteiger charge is -2.36. The Morgan fingerprint density at radius 2 is 2.00 bits per heavy atom. The van der Waals surface area contributed by atoms with E-state index in [1.54, 1.807) is 6.07 Å². The van der Waals surface area contributed by atoms with Gasteiger partial charge in [0.05, 0.1) is 0 Å². The van der Waals surface area contributed by atoms with Gasteiger partial charge in [0, 0.05) is 13.0 Å². The molecule has 0 saturated carbocycles. The van der Waals surface area contributed by atoms with E-state index in [9.17, 15) is 4.79 Å². The molecule has 0 saturated heterocycles. The fourth-order valence-electron chi connectivity index (χ4n) is 1.25. The van der Waals surface area contributed by atoms with E-state index in [0.717, 1.165) is 0 Å². The van der Waals surface area contributed by atoms with Crippen LogP contribution in [-0.2, 0) is 10.8 Å². The van der Waals surface area contributed by atoms with Crippen LogP contribution in [0.3, 0.4) is 0 Å². The number of furan rings is 1. The fraction of sp³-hybridized carbons (Fsp3) is 0.615. The lowest BCUT2D eigenvalue weighted by atomic mass is 10.2. The summed E-state index contributed by atoms with van der Waals surface area (Å²) in [6.07, 6.45) is 0.611. The van der Waals surface area contributed by atoms with Gasteiger partial charge in [-0.1, -0.05) is 20.8 Å². The molecule has 18 heavy (non-hydrogen) atoms. The summed E-state index contributed by atoms with van der Waals surface area (Å²) in [5.41, 5.74) is 0. The minimum atomic E-state index is -1.73. The van der Waals surface area contributed by atoms with Gasteiger partial charge < -0.3 is 13.9 Å². The molecule has 1 aromatic rings. The summed E-state index contributed by atoms with van der Waals surface area (Å²) in [6, 6.07) is 3.17. The fourth-order valence-corrected chi connectivity index (χ4v) is 2.30. The average Bonchev–Trinajstić information content (AvgIpc) is 2.64. The lowest BCUT2D eigenvalue weighted by Crippen LogP contribution is -2.41. The third-order valence-corrected chi connectivity index (χ3v) is 8.03. The summed E-state index contributed by atoms with van der Waals surface area (Å²) < 4.78 is 11.2. The summed E-state index contributed by atoms with van der Waals surface area (Å²) in [5.74, 6) is -0.394. The normalized spacial score (nSPS) is 12.7. The standard InChI is InChI=1S/C13H22O4Si/c1-13(2,3)18(4,5)16-9-8-10-6-7-11(17-10)12(14)15/h6-7H,8-9H2,1-5H3,(H,14,15). The highest BCUT2D eigenvalue weighted by Gasteiger charge is 2.36. The summed E-state index contributed by atoms with van der Waals surface area (Å²) in [5, 5.41) is 8.92. The lowest BCUT2D eigenvalue weighted by molar-refractivity contribution is 0.0660. The highest BCUT2D eigenvalue weighted by Crippen LogP contribution is 2.36. The van der Waals surface area contributed by atoms with Crippen LogP contribution in [-0.4, -0.2) is 26.0 Å². The van der Waals surface area contributed by atoms with Gasteiger partial charge in [0.15, 0.2) is 8.32 Å². The predicted molar refractivity (Wildman–Crippen MR) is 72.5 cm³/mol. The summed E-state index contributed by atoms with van der Waals surface area (Å²) in [7, 11) is -1.73. The van der Waals surface area contributed by atoms with E-state index >= 15 is 0 Å². The first kappa shape index (κ1) is 15.0. The molecule has 0 fully saturated rings. The Kier molecular flexibility index (Phi) is 4.40. The van der Waals surface area contributed by atoms with E-state index in [-0.39, 0.29) is 10.8 Å². The molecule has 5 heteroatoms. The summed E-state index contributed by atoms with van der Waals surface area (Å²) in [6.45, 7) is 11.5. The van der Waals surface area contributed by atoms with E-state index in [1.165, 1.54) is 6.07 Å². The molecule has 0 aliphatic carbocycles. The van der Waals surface area contributed by atoms with Crippen molar-refractivity contribution in [1.82, 2.24) is 0 Å². The van der Waals surface area contributed by atoms with Gasteiger partial charge in [0.2, 0.25) is 5.76 Å². The molecule has 0 bridgehead atoms. The van der Waals surface area contributed by atoms with E-state index in [2.05, 4.69) is 33.9 Å². The largest absolute Gasteiger partial charge is 0.475 e. The zero-order valence-electron chi connectivity index (χ0n) is 11.7. The molecule has 0 radical (unpaired) electrons. The van der Waals surface area contributed by atoms with Crippen LogP contribution >= 0.6 is 0 Å². The first-order valence-corrected chi connectivity index (χ1v) is 9.00. The predicted octanol–water partition coefficient (Wildman–Crippen LogP) is 3.54. The second kappa shape index (κ2) is 5.28. The van der Waals surface area contributed by atoms with Crippen molar-refractivity contribution in [2.75, 3.05) is 6.61 Å². The van der Waals surface area contributed by atoms with Gasteiger partial charge in [0.25, 0.3) is 0 Å². The SMILES string of the molecule is CC(C)(C)[Si](C)(C)OCCc1ccc(C(=O)O)o1. The highest BCUT2D eigenvalue weighted by molar-refractivity contribution is 6.74. The van der Waals surface area contributed by atoms with E-state index in [1.807, 2.05) is 0 Å². The summed E-state index contributed by atoms with van der Waals surface area (Å²) >= 11 is 0. The Morgan fingerprint density at radius 1 is 1.39 bits per heavy atom. The van der Waals surface area contributed by atoms with Crippen molar-refractivity contribution in [3.63, 3.8) is 0 Å².